The Morgan fingerprint density at radius 3 is 2.95 bits per heavy atom. The van der Waals surface area contributed by atoms with E-state index in [4.69, 9.17) is 0 Å². The van der Waals surface area contributed by atoms with Crippen molar-refractivity contribution in [3.05, 3.63) is 40.4 Å². The zero-order chi connectivity index (χ0) is 13.7. The van der Waals surface area contributed by atoms with E-state index in [1.807, 2.05) is 42.3 Å². The van der Waals surface area contributed by atoms with Crippen LogP contribution in [-0.4, -0.2) is 37.5 Å². The number of carbonyl (C=O) groups is 1. The molecule has 5 heteroatoms. The summed E-state index contributed by atoms with van der Waals surface area (Å²) < 4.78 is 1.01. The largest absolute Gasteiger partial charge is 0.339 e. The standard InChI is InChI=1S/C15H19BrN2O.ClH/c1-17-10-12-8-9-18(11-12)15(19)7-6-13-4-2-3-5-14(13)16;/h2-7,12,17H,8-11H2,1H3;1H. The minimum Gasteiger partial charge on any atom is -0.339 e. The van der Waals surface area contributed by atoms with E-state index in [9.17, 15) is 4.79 Å². The van der Waals surface area contributed by atoms with Crippen LogP contribution in [0.4, 0.5) is 0 Å². The van der Waals surface area contributed by atoms with Gasteiger partial charge in [-0.25, -0.2) is 0 Å². The van der Waals surface area contributed by atoms with Crippen molar-refractivity contribution in [2.45, 2.75) is 6.42 Å². The number of nitrogens with one attached hydrogen (secondary N) is 1. The highest BCUT2D eigenvalue weighted by atomic mass is 79.9. The number of hydrogen-bond acceptors (Lipinski definition) is 2. The lowest BCUT2D eigenvalue weighted by molar-refractivity contribution is -0.125. The van der Waals surface area contributed by atoms with Crippen molar-refractivity contribution in [1.82, 2.24) is 10.2 Å². The molecule has 1 fully saturated rings. The molecule has 1 aliphatic heterocycles. The van der Waals surface area contributed by atoms with Crippen molar-refractivity contribution >= 4 is 40.3 Å². The number of halogens is 2. The van der Waals surface area contributed by atoms with Crippen LogP contribution >= 0.6 is 28.3 Å². The molecule has 1 saturated heterocycles. The maximum absolute atomic E-state index is 12.1. The average molecular weight is 360 g/mol. The van der Waals surface area contributed by atoms with Gasteiger partial charge in [-0.3, -0.25) is 4.79 Å². The molecule has 1 unspecified atom stereocenters. The molecular formula is C15H20BrClN2O. The van der Waals surface area contributed by atoms with Gasteiger partial charge in [0.2, 0.25) is 5.91 Å². The van der Waals surface area contributed by atoms with Crippen LogP contribution in [0.2, 0.25) is 0 Å². The number of carbonyl (C=O) groups excluding carboxylic acids is 1. The smallest absolute Gasteiger partial charge is 0.246 e. The molecule has 1 aliphatic rings. The molecule has 1 heterocycles. The second-order valence-corrected chi connectivity index (χ2v) is 5.71. The molecule has 1 aromatic carbocycles. The van der Waals surface area contributed by atoms with Crippen LogP contribution in [0.1, 0.15) is 12.0 Å². The highest BCUT2D eigenvalue weighted by Gasteiger charge is 2.24. The van der Waals surface area contributed by atoms with Crippen LogP contribution in [0.25, 0.3) is 6.08 Å². The Morgan fingerprint density at radius 1 is 1.50 bits per heavy atom. The highest BCUT2D eigenvalue weighted by molar-refractivity contribution is 9.10. The minimum absolute atomic E-state index is 0. The van der Waals surface area contributed by atoms with E-state index in [0.717, 1.165) is 36.1 Å². The SMILES string of the molecule is CNCC1CCN(C(=O)C=Cc2ccccc2Br)C1.Cl. The maximum atomic E-state index is 12.1. The number of amides is 1. The summed E-state index contributed by atoms with van der Waals surface area (Å²) in [6.07, 6.45) is 4.63. The van der Waals surface area contributed by atoms with Crippen molar-refractivity contribution in [2.75, 3.05) is 26.7 Å². The predicted octanol–water partition coefficient (Wildman–Crippen LogP) is 2.95. The van der Waals surface area contributed by atoms with Gasteiger partial charge in [-0.2, -0.15) is 0 Å². The van der Waals surface area contributed by atoms with E-state index in [2.05, 4.69) is 21.2 Å². The van der Waals surface area contributed by atoms with Crippen molar-refractivity contribution < 1.29 is 4.79 Å². The molecule has 1 atom stereocenters. The third kappa shape index (κ3) is 4.62. The lowest BCUT2D eigenvalue weighted by atomic mass is 10.1. The number of nitrogens with zero attached hydrogens (tertiary/aromatic N) is 1. The van der Waals surface area contributed by atoms with Gasteiger partial charge in [0.05, 0.1) is 0 Å². The van der Waals surface area contributed by atoms with Gasteiger partial charge in [0.1, 0.15) is 0 Å². The Bertz CT molecular complexity index is 479. The molecular weight excluding hydrogens is 340 g/mol. The first kappa shape index (κ1) is 17.2. The van der Waals surface area contributed by atoms with Gasteiger partial charge in [0.25, 0.3) is 0 Å². The number of hydrogen-bond donors (Lipinski definition) is 1. The van der Waals surface area contributed by atoms with Crippen LogP contribution in [0.5, 0.6) is 0 Å². The maximum Gasteiger partial charge on any atom is 0.246 e. The zero-order valence-electron chi connectivity index (χ0n) is 11.5. The molecule has 1 N–H and O–H groups in total. The van der Waals surface area contributed by atoms with E-state index in [1.54, 1.807) is 6.08 Å². The topological polar surface area (TPSA) is 32.3 Å². The Kier molecular flexibility index (Phi) is 7.27. The Labute approximate surface area is 135 Å². The van der Waals surface area contributed by atoms with Crippen LogP contribution in [0, 0.1) is 5.92 Å². The predicted molar refractivity (Wildman–Crippen MR) is 89.0 cm³/mol. The fraction of sp³-hybridized carbons (Fsp3) is 0.400. The number of rotatable bonds is 4. The van der Waals surface area contributed by atoms with E-state index < -0.39 is 0 Å². The van der Waals surface area contributed by atoms with E-state index in [-0.39, 0.29) is 18.3 Å². The second kappa shape index (κ2) is 8.45. The molecule has 2 rings (SSSR count). The van der Waals surface area contributed by atoms with Crippen molar-refractivity contribution in [3.8, 4) is 0 Å². The monoisotopic (exact) mass is 358 g/mol. The minimum atomic E-state index is 0. The summed E-state index contributed by atoms with van der Waals surface area (Å²) in [6.45, 7) is 2.71. The summed E-state index contributed by atoms with van der Waals surface area (Å²) in [4.78, 5) is 14.0. The van der Waals surface area contributed by atoms with Gasteiger partial charge in [-0.1, -0.05) is 34.1 Å². The first-order chi connectivity index (χ1) is 9.20. The van der Waals surface area contributed by atoms with Crippen LogP contribution < -0.4 is 5.32 Å². The molecule has 20 heavy (non-hydrogen) atoms. The molecule has 3 nitrogen and oxygen atoms in total. The quantitative estimate of drug-likeness (QED) is 0.838. The molecule has 110 valence electrons. The normalized spacial score (nSPS) is 18.3. The van der Waals surface area contributed by atoms with Gasteiger partial charge in [-0.15, -0.1) is 12.4 Å². The van der Waals surface area contributed by atoms with E-state index in [1.165, 1.54) is 0 Å². The van der Waals surface area contributed by atoms with Crippen LogP contribution in [0.3, 0.4) is 0 Å². The third-order valence-corrected chi connectivity index (χ3v) is 4.12. The molecule has 0 aromatic heterocycles. The van der Waals surface area contributed by atoms with Crippen LogP contribution in [0.15, 0.2) is 34.8 Å². The molecule has 0 saturated carbocycles. The molecule has 0 spiro atoms. The van der Waals surface area contributed by atoms with Crippen molar-refractivity contribution in [1.29, 1.82) is 0 Å². The summed E-state index contributed by atoms with van der Waals surface area (Å²) in [5.74, 6) is 0.695. The highest BCUT2D eigenvalue weighted by Crippen LogP contribution is 2.19. The molecule has 0 radical (unpaired) electrons. The summed E-state index contributed by atoms with van der Waals surface area (Å²) in [5.41, 5.74) is 1.03. The summed E-state index contributed by atoms with van der Waals surface area (Å²) in [6, 6.07) is 7.89. The van der Waals surface area contributed by atoms with Crippen LogP contribution in [-0.2, 0) is 4.79 Å². The molecule has 1 aromatic rings. The van der Waals surface area contributed by atoms with Gasteiger partial charge < -0.3 is 10.2 Å². The number of likely N-dealkylation sites (tertiary alicyclic amines) is 1. The third-order valence-electron chi connectivity index (χ3n) is 3.40. The van der Waals surface area contributed by atoms with Gasteiger partial charge >= 0.3 is 0 Å². The number of benzene rings is 1. The fourth-order valence-corrected chi connectivity index (χ4v) is 2.78. The van der Waals surface area contributed by atoms with Crippen molar-refractivity contribution in [3.63, 3.8) is 0 Å². The first-order valence-corrected chi connectivity index (χ1v) is 7.36. The molecule has 1 amide bonds. The van der Waals surface area contributed by atoms with E-state index in [0.29, 0.717) is 5.92 Å². The first-order valence-electron chi connectivity index (χ1n) is 6.57. The lowest BCUT2D eigenvalue weighted by Gasteiger charge is -2.14. The second-order valence-electron chi connectivity index (χ2n) is 4.85. The zero-order valence-corrected chi connectivity index (χ0v) is 13.9. The Morgan fingerprint density at radius 2 is 2.25 bits per heavy atom. The Hall–Kier alpha value is -0.840. The fourth-order valence-electron chi connectivity index (χ4n) is 2.36. The summed E-state index contributed by atoms with van der Waals surface area (Å²) >= 11 is 3.48. The van der Waals surface area contributed by atoms with Crippen molar-refractivity contribution in [2.24, 2.45) is 5.92 Å². The van der Waals surface area contributed by atoms with Gasteiger partial charge in [-0.05, 0) is 43.6 Å². The van der Waals surface area contributed by atoms with Gasteiger partial charge in [0, 0.05) is 23.6 Å². The summed E-state index contributed by atoms with van der Waals surface area (Å²) in [7, 11) is 1.96. The lowest BCUT2D eigenvalue weighted by Crippen LogP contribution is -2.28. The molecule has 0 aliphatic carbocycles. The van der Waals surface area contributed by atoms with E-state index >= 15 is 0 Å². The average Bonchev–Trinajstić information content (AvgIpc) is 2.87. The Balaban J connectivity index is 0.00000200. The molecule has 0 bridgehead atoms. The summed E-state index contributed by atoms with van der Waals surface area (Å²) in [5, 5.41) is 3.17. The van der Waals surface area contributed by atoms with Gasteiger partial charge in [0.15, 0.2) is 0 Å².